The van der Waals surface area contributed by atoms with Gasteiger partial charge in [-0.2, -0.15) is 4.89 Å². The first-order valence-electron chi connectivity index (χ1n) is 6.87. The Morgan fingerprint density at radius 3 is 2.41 bits per heavy atom. The van der Waals surface area contributed by atoms with E-state index in [1.54, 1.807) is 6.26 Å². The molecule has 0 aromatic heterocycles. The first-order valence-corrected chi connectivity index (χ1v) is 6.87. The molecule has 17 heavy (non-hydrogen) atoms. The first-order chi connectivity index (χ1) is 8.31. The van der Waals surface area contributed by atoms with Crippen molar-refractivity contribution in [2.45, 2.75) is 65.4 Å². The minimum absolute atomic E-state index is 0.0812. The van der Waals surface area contributed by atoms with Gasteiger partial charge in [-0.3, -0.25) is 0 Å². The maximum Gasteiger partial charge on any atom is 0.128 e. The molecule has 0 saturated heterocycles. The molecule has 0 fully saturated rings. The zero-order valence-electron chi connectivity index (χ0n) is 11.6. The third kappa shape index (κ3) is 13.4. The SMILES string of the molecule is CCCCCCCCOOC=CC(C)OCC. The van der Waals surface area contributed by atoms with E-state index in [2.05, 4.69) is 6.92 Å². The Kier molecular flexibility index (Phi) is 13.1. The van der Waals surface area contributed by atoms with Crippen molar-refractivity contribution in [2.24, 2.45) is 0 Å². The minimum Gasteiger partial charge on any atom is -0.375 e. The Hall–Kier alpha value is -0.540. The zero-order valence-corrected chi connectivity index (χ0v) is 11.6. The predicted molar refractivity (Wildman–Crippen MR) is 70.6 cm³/mol. The van der Waals surface area contributed by atoms with Crippen molar-refractivity contribution in [2.75, 3.05) is 13.2 Å². The number of ether oxygens (including phenoxy) is 1. The van der Waals surface area contributed by atoms with Crippen LogP contribution in [-0.2, 0) is 14.5 Å². The van der Waals surface area contributed by atoms with Crippen LogP contribution in [0.1, 0.15) is 59.3 Å². The molecule has 0 bridgehead atoms. The Morgan fingerprint density at radius 1 is 1.00 bits per heavy atom. The van der Waals surface area contributed by atoms with Crippen LogP contribution in [0.15, 0.2) is 12.3 Å². The van der Waals surface area contributed by atoms with Crippen molar-refractivity contribution in [3.05, 3.63) is 12.3 Å². The van der Waals surface area contributed by atoms with Crippen molar-refractivity contribution in [3.8, 4) is 0 Å². The maximum absolute atomic E-state index is 5.30. The van der Waals surface area contributed by atoms with Gasteiger partial charge in [-0.15, -0.1) is 0 Å². The van der Waals surface area contributed by atoms with Crippen LogP contribution < -0.4 is 0 Å². The second-order valence-electron chi connectivity index (χ2n) is 4.17. The molecule has 0 aliphatic rings. The lowest BCUT2D eigenvalue weighted by Crippen LogP contribution is -2.03. The molecule has 3 heteroatoms. The molecule has 0 amide bonds. The highest BCUT2D eigenvalue weighted by Crippen LogP contribution is 2.05. The van der Waals surface area contributed by atoms with Gasteiger partial charge in [-0.05, 0) is 26.3 Å². The van der Waals surface area contributed by atoms with E-state index in [0.717, 1.165) is 6.42 Å². The predicted octanol–water partition coefficient (Wildman–Crippen LogP) is 4.23. The highest BCUT2D eigenvalue weighted by Gasteiger charge is 1.93. The van der Waals surface area contributed by atoms with Crippen LogP contribution >= 0.6 is 0 Å². The summed E-state index contributed by atoms with van der Waals surface area (Å²) in [6, 6.07) is 0. The average molecular weight is 244 g/mol. The zero-order chi connectivity index (χ0) is 12.8. The van der Waals surface area contributed by atoms with Crippen LogP contribution in [-0.4, -0.2) is 19.3 Å². The summed E-state index contributed by atoms with van der Waals surface area (Å²) in [6.45, 7) is 7.55. The summed E-state index contributed by atoms with van der Waals surface area (Å²) in [5, 5.41) is 0. The van der Waals surface area contributed by atoms with Gasteiger partial charge >= 0.3 is 0 Å². The number of hydrogen-bond acceptors (Lipinski definition) is 3. The molecule has 0 N–H and O–H groups in total. The molecule has 0 saturated carbocycles. The van der Waals surface area contributed by atoms with Crippen LogP contribution in [0.2, 0.25) is 0 Å². The van der Waals surface area contributed by atoms with Gasteiger partial charge in [0, 0.05) is 6.61 Å². The summed E-state index contributed by atoms with van der Waals surface area (Å²) in [5.41, 5.74) is 0. The van der Waals surface area contributed by atoms with Crippen LogP contribution in [0.4, 0.5) is 0 Å². The number of unbranched alkanes of at least 4 members (excludes halogenated alkanes) is 5. The van der Waals surface area contributed by atoms with Gasteiger partial charge < -0.3 is 9.62 Å². The average Bonchev–Trinajstić information content (AvgIpc) is 2.32. The molecule has 0 aromatic rings. The Morgan fingerprint density at radius 2 is 1.71 bits per heavy atom. The van der Waals surface area contributed by atoms with Gasteiger partial charge in [0.05, 0.1) is 12.7 Å². The van der Waals surface area contributed by atoms with E-state index in [9.17, 15) is 0 Å². The quantitative estimate of drug-likeness (QED) is 0.222. The fourth-order valence-electron chi connectivity index (χ4n) is 1.49. The van der Waals surface area contributed by atoms with Crippen molar-refractivity contribution in [1.29, 1.82) is 0 Å². The smallest absolute Gasteiger partial charge is 0.128 e. The summed E-state index contributed by atoms with van der Waals surface area (Å²) in [4.78, 5) is 9.94. The van der Waals surface area contributed by atoms with Crippen LogP contribution in [0.5, 0.6) is 0 Å². The second-order valence-corrected chi connectivity index (χ2v) is 4.17. The van der Waals surface area contributed by atoms with Crippen LogP contribution in [0.3, 0.4) is 0 Å². The lowest BCUT2D eigenvalue weighted by molar-refractivity contribution is -0.249. The molecular formula is C14H28O3. The van der Waals surface area contributed by atoms with Gasteiger partial charge in [-0.1, -0.05) is 39.0 Å². The topological polar surface area (TPSA) is 27.7 Å². The molecule has 0 aromatic carbocycles. The summed E-state index contributed by atoms with van der Waals surface area (Å²) >= 11 is 0. The first kappa shape index (κ1) is 16.5. The molecule has 0 radical (unpaired) electrons. The van der Waals surface area contributed by atoms with E-state index in [-0.39, 0.29) is 6.10 Å². The largest absolute Gasteiger partial charge is 0.375 e. The molecule has 0 aliphatic carbocycles. The summed E-state index contributed by atoms with van der Waals surface area (Å²) in [7, 11) is 0. The summed E-state index contributed by atoms with van der Waals surface area (Å²) < 4.78 is 5.30. The molecule has 0 aliphatic heterocycles. The molecule has 0 spiro atoms. The second kappa shape index (κ2) is 13.5. The van der Waals surface area contributed by atoms with E-state index in [4.69, 9.17) is 14.5 Å². The fraction of sp³-hybridized carbons (Fsp3) is 0.857. The van der Waals surface area contributed by atoms with Gasteiger partial charge in [0.15, 0.2) is 0 Å². The minimum atomic E-state index is 0.0812. The molecule has 0 rings (SSSR count). The van der Waals surface area contributed by atoms with Crippen molar-refractivity contribution >= 4 is 0 Å². The van der Waals surface area contributed by atoms with Crippen molar-refractivity contribution < 1.29 is 14.5 Å². The van der Waals surface area contributed by atoms with Gasteiger partial charge in [-0.25, -0.2) is 0 Å². The normalized spacial score (nSPS) is 13.1. The molecule has 1 atom stereocenters. The van der Waals surface area contributed by atoms with E-state index in [1.807, 2.05) is 19.9 Å². The third-order valence-corrected chi connectivity index (χ3v) is 2.48. The standard InChI is InChI=1S/C14H28O3/c1-4-6-7-8-9-10-12-16-17-13-11-14(3)15-5-2/h11,13-14H,4-10,12H2,1-3H3. The lowest BCUT2D eigenvalue weighted by atomic mass is 10.1. The van der Waals surface area contributed by atoms with Gasteiger partial charge in [0.2, 0.25) is 0 Å². The van der Waals surface area contributed by atoms with E-state index >= 15 is 0 Å². The monoisotopic (exact) mass is 244 g/mol. The number of rotatable bonds is 12. The summed E-state index contributed by atoms with van der Waals surface area (Å²) in [5.74, 6) is 0. The number of hydrogen-bond donors (Lipinski definition) is 0. The Bertz CT molecular complexity index is 169. The lowest BCUT2D eigenvalue weighted by Gasteiger charge is -2.05. The highest BCUT2D eigenvalue weighted by molar-refractivity contribution is 4.79. The highest BCUT2D eigenvalue weighted by atomic mass is 17.2. The molecular weight excluding hydrogens is 216 g/mol. The van der Waals surface area contributed by atoms with E-state index < -0.39 is 0 Å². The van der Waals surface area contributed by atoms with Gasteiger partial charge in [0.1, 0.15) is 6.26 Å². The van der Waals surface area contributed by atoms with E-state index in [1.165, 1.54) is 32.1 Å². The Labute approximate surface area is 106 Å². The van der Waals surface area contributed by atoms with Crippen molar-refractivity contribution in [3.63, 3.8) is 0 Å². The Balaban J connectivity index is 3.12. The molecule has 1 unspecified atom stereocenters. The van der Waals surface area contributed by atoms with Crippen molar-refractivity contribution in [1.82, 2.24) is 0 Å². The molecule has 102 valence electrons. The maximum atomic E-state index is 5.30. The molecule has 0 heterocycles. The van der Waals surface area contributed by atoms with E-state index in [0.29, 0.717) is 13.2 Å². The van der Waals surface area contributed by atoms with Crippen LogP contribution in [0.25, 0.3) is 0 Å². The fourth-order valence-corrected chi connectivity index (χ4v) is 1.49. The molecule has 3 nitrogen and oxygen atoms in total. The third-order valence-electron chi connectivity index (χ3n) is 2.48. The summed E-state index contributed by atoms with van der Waals surface area (Å²) in [6.07, 6.45) is 11.0. The van der Waals surface area contributed by atoms with Gasteiger partial charge in [0.25, 0.3) is 0 Å². The van der Waals surface area contributed by atoms with Crippen LogP contribution in [0, 0.1) is 0 Å².